The summed E-state index contributed by atoms with van der Waals surface area (Å²) in [7, 11) is 1.54. The molecule has 0 saturated heterocycles. The summed E-state index contributed by atoms with van der Waals surface area (Å²) in [6.45, 7) is 6.09. The number of thioether (sulfide) groups is 1. The zero-order valence-electron chi connectivity index (χ0n) is 24.6. The second-order valence-electron chi connectivity index (χ2n) is 10.1. The van der Waals surface area contributed by atoms with Gasteiger partial charge in [0.15, 0.2) is 0 Å². The molecule has 0 bridgehead atoms. The average molecular weight is 594 g/mol. The standard InChI is InChI=1S/C35H35N3O4S/c1-23(2)25-17-19-28(20-18-25)36-33(39)24(3)43-30-15-10-14-29(22-30)37-35(41)31(21-27-13-8-9-16-32(27)42-4)38-34(40)26-11-6-5-7-12-26/h5-24H,1-4H3,(H,36,39)(H,37,41)(H,38,40)/b31-21+. The lowest BCUT2D eigenvalue weighted by Crippen LogP contribution is -2.30. The minimum absolute atomic E-state index is 0.0487. The van der Waals surface area contributed by atoms with E-state index in [1.54, 1.807) is 67.8 Å². The van der Waals surface area contributed by atoms with Gasteiger partial charge in [-0.1, -0.05) is 68.4 Å². The van der Waals surface area contributed by atoms with Gasteiger partial charge in [-0.2, -0.15) is 0 Å². The molecule has 4 rings (SSSR count). The Bertz CT molecular complexity index is 1600. The number of anilines is 2. The lowest BCUT2D eigenvalue weighted by Gasteiger charge is -2.15. The molecule has 8 heteroatoms. The topological polar surface area (TPSA) is 96.5 Å². The van der Waals surface area contributed by atoms with Gasteiger partial charge in [-0.05, 0) is 73.0 Å². The molecule has 3 N–H and O–H groups in total. The van der Waals surface area contributed by atoms with Crippen molar-refractivity contribution in [3.05, 3.63) is 126 Å². The fraction of sp³-hybridized carbons (Fsp3) is 0.171. The summed E-state index contributed by atoms with van der Waals surface area (Å²) in [6.07, 6.45) is 1.58. The van der Waals surface area contributed by atoms with E-state index in [1.165, 1.54) is 17.3 Å². The van der Waals surface area contributed by atoms with Crippen molar-refractivity contribution in [1.29, 1.82) is 0 Å². The molecule has 0 fully saturated rings. The zero-order valence-corrected chi connectivity index (χ0v) is 25.4. The lowest BCUT2D eigenvalue weighted by molar-refractivity contribution is -0.115. The predicted octanol–water partition coefficient (Wildman–Crippen LogP) is 7.35. The Morgan fingerprint density at radius 3 is 2.16 bits per heavy atom. The number of hydrogen-bond donors (Lipinski definition) is 3. The van der Waals surface area contributed by atoms with Crippen LogP contribution in [0.1, 0.15) is 48.2 Å². The number of benzene rings is 4. The third-order valence-corrected chi connectivity index (χ3v) is 7.68. The van der Waals surface area contributed by atoms with Gasteiger partial charge in [0.2, 0.25) is 5.91 Å². The first-order valence-electron chi connectivity index (χ1n) is 13.9. The van der Waals surface area contributed by atoms with Crippen molar-refractivity contribution in [3.8, 4) is 5.75 Å². The molecule has 0 aliphatic heterocycles. The van der Waals surface area contributed by atoms with Gasteiger partial charge in [0.05, 0.1) is 12.4 Å². The molecule has 43 heavy (non-hydrogen) atoms. The van der Waals surface area contributed by atoms with Gasteiger partial charge in [-0.25, -0.2) is 0 Å². The highest BCUT2D eigenvalue weighted by atomic mass is 32.2. The molecule has 7 nitrogen and oxygen atoms in total. The maximum atomic E-state index is 13.5. The first kappa shape index (κ1) is 31.1. The number of hydrogen-bond acceptors (Lipinski definition) is 5. The minimum Gasteiger partial charge on any atom is -0.496 e. The Morgan fingerprint density at radius 2 is 1.47 bits per heavy atom. The van der Waals surface area contributed by atoms with E-state index in [4.69, 9.17) is 4.74 Å². The van der Waals surface area contributed by atoms with Crippen LogP contribution in [0.25, 0.3) is 6.08 Å². The van der Waals surface area contributed by atoms with Gasteiger partial charge < -0.3 is 20.7 Å². The smallest absolute Gasteiger partial charge is 0.272 e. The summed E-state index contributed by atoms with van der Waals surface area (Å²) in [6, 6.07) is 31.0. The van der Waals surface area contributed by atoms with Crippen molar-refractivity contribution in [2.24, 2.45) is 0 Å². The maximum Gasteiger partial charge on any atom is 0.272 e. The second kappa shape index (κ2) is 14.9. The van der Waals surface area contributed by atoms with Gasteiger partial charge in [-0.3, -0.25) is 14.4 Å². The Hall–Kier alpha value is -4.82. The van der Waals surface area contributed by atoms with E-state index >= 15 is 0 Å². The van der Waals surface area contributed by atoms with Crippen molar-refractivity contribution >= 4 is 46.9 Å². The molecule has 0 radical (unpaired) electrons. The van der Waals surface area contributed by atoms with E-state index in [9.17, 15) is 14.4 Å². The van der Waals surface area contributed by atoms with Crippen LogP contribution < -0.4 is 20.7 Å². The number of amides is 3. The van der Waals surface area contributed by atoms with E-state index in [1.807, 2.05) is 55.5 Å². The zero-order chi connectivity index (χ0) is 30.8. The average Bonchev–Trinajstić information content (AvgIpc) is 3.01. The van der Waals surface area contributed by atoms with Gasteiger partial charge in [0, 0.05) is 27.4 Å². The number of nitrogens with one attached hydrogen (secondary N) is 3. The molecule has 0 aromatic heterocycles. The first-order chi connectivity index (χ1) is 20.7. The summed E-state index contributed by atoms with van der Waals surface area (Å²) in [5.41, 5.74) is 3.57. The van der Waals surface area contributed by atoms with E-state index in [-0.39, 0.29) is 16.9 Å². The summed E-state index contributed by atoms with van der Waals surface area (Å²) >= 11 is 1.38. The highest BCUT2D eigenvalue weighted by Gasteiger charge is 2.18. The summed E-state index contributed by atoms with van der Waals surface area (Å²) in [5, 5.41) is 8.20. The molecular weight excluding hydrogens is 558 g/mol. The number of methoxy groups -OCH3 is 1. The van der Waals surface area contributed by atoms with E-state index in [0.717, 1.165) is 10.6 Å². The third-order valence-electron chi connectivity index (χ3n) is 6.59. The SMILES string of the molecule is COc1ccccc1/C=C(/NC(=O)c1ccccc1)C(=O)Nc1cccc(SC(C)C(=O)Nc2ccc(C(C)C)cc2)c1. The minimum atomic E-state index is -0.507. The third kappa shape index (κ3) is 8.83. The molecule has 1 atom stereocenters. The molecule has 220 valence electrons. The van der Waals surface area contributed by atoms with E-state index in [2.05, 4.69) is 29.8 Å². The molecule has 0 spiro atoms. The van der Waals surface area contributed by atoms with Crippen molar-refractivity contribution in [2.75, 3.05) is 17.7 Å². The lowest BCUT2D eigenvalue weighted by atomic mass is 10.0. The van der Waals surface area contributed by atoms with Crippen LogP contribution in [0.2, 0.25) is 0 Å². The van der Waals surface area contributed by atoms with Crippen LogP contribution in [-0.2, 0) is 9.59 Å². The number of ether oxygens (including phenoxy) is 1. The molecule has 0 saturated carbocycles. The van der Waals surface area contributed by atoms with Crippen molar-refractivity contribution in [3.63, 3.8) is 0 Å². The fourth-order valence-corrected chi connectivity index (χ4v) is 5.11. The monoisotopic (exact) mass is 593 g/mol. The molecule has 0 aliphatic rings. The first-order valence-corrected chi connectivity index (χ1v) is 14.8. The van der Waals surface area contributed by atoms with Crippen LogP contribution in [0, 0.1) is 0 Å². The molecular formula is C35H35N3O4S. The number of carbonyl (C=O) groups is 3. The van der Waals surface area contributed by atoms with Crippen LogP contribution in [0.3, 0.4) is 0 Å². The van der Waals surface area contributed by atoms with Gasteiger partial charge in [0.1, 0.15) is 11.4 Å². The van der Waals surface area contributed by atoms with Gasteiger partial charge >= 0.3 is 0 Å². The molecule has 4 aromatic carbocycles. The van der Waals surface area contributed by atoms with Crippen molar-refractivity contribution in [1.82, 2.24) is 5.32 Å². The quantitative estimate of drug-likeness (QED) is 0.125. The summed E-state index contributed by atoms with van der Waals surface area (Å²) < 4.78 is 5.43. The Balaban J connectivity index is 1.48. The summed E-state index contributed by atoms with van der Waals surface area (Å²) in [5.74, 6) is -0.0709. The molecule has 0 heterocycles. The van der Waals surface area contributed by atoms with Crippen molar-refractivity contribution < 1.29 is 19.1 Å². The number of para-hydroxylation sites is 1. The van der Waals surface area contributed by atoms with E-state index in [0.29, 0.717) is 28.5 Å². The highest BCUT2D eigenvalue weighted by Crippen LogP contribution is 2.27. The van der Waals surface area contributed by atoms with E-state index < -0.39 is 11.8 Å². The van der Waals surface area contributed by atoms with Gasteiger partial charge in [0.25, 0.3) is 11.8 Å². The normalized spacial score (nSPS) is 11.9. The largest absolute Gasteiger partial charge is 0.496 e. The molecule has 1 unspecified atom stereocenters. The van der Waals surface area contributed by atoms with Crippen molar-refractivity contribution in [2.45, 2.75) is 36.8 Å². The predicted molar refractivity (Wildman–Crippen MR) is 174 cm³/mol. The Morgan fingerprint density at radius 1 is 0.767 bits per heavy atom. The molecule has 0 aliphatic carbocycles. The summed E-state index contributed by atoms with van der Waals surface area (Å²) in [4.78, 5) is 40.1. The van der Waals surface area contributed by atoms with Crippen LogP contribution in [-0.4, -0.2) is 30.1 Å². The molecule has 4 aromatic rings. The van der Waals surface area contributed by atoms with Crippen LogP contribution >= 0.6 is 11.8 Å². The Kier molecular flexibility index (Phi) is 10.8. The van der Waals surface area contributed by atoms with Crippen LogP contribution in [0.15, 0.2) is 114 Å². The van der Waals surface area contributed by atoms with Gasteiger partial charge in [-0.15, -0.1) is 11.8 Å². The maximum absolute atomic E-state index is 13.5. The highest BCUT2D eigenvalue weighted by molar-refractivity contribution is 8.00. The van der Waals surface area contributed by atoms with Crippen LogP contribution in [0.4, 0.5) is 11.4 Å². The number of carbonyl (C=O) groups excluding carboxylic acids is 3. The Labute approximate surface area is 256 Å². The number of rotatable bonds is 11. The van der Waals surface area contributed by atoms with Crippen LogP contribution in [0.5, 0.6) is 5.75 Å². The molecule has 3 amide bonds. The second-order valence-corrected chi connectivity index (χ2v) is 11.5. The fourth-order valence-electron chi connectivity index (χ4n) is 4.18.